The van der Waals surface area contributed by atoms with E-state index in [-0.39, 0.29) is 18.6 Å². The predicted molar refractivity (Wildman–Crippen MR) is 67.8 cm³/mol. The van der Waals surface area contributed by atoms with Gasteiger partial charge in [-0.1, -0.05) is 30.3 Å². The van der Waals surface area contributed by atoms with Gasteiger partial charge >= 0.3 is 0 Å². The maximum atomic E-state index is 12.3. The number of hydrogen-bond acceptors (Lipinski definition) is 3. The fourth-order valence-electron chi connectivity index (χ4n) is 2.14. The summed E-state index contributed by atoms with van der Waals surface area (Å²) in [5.41, 5.74) is 1.09. The van der Waals surface area contributed by atoms with Crippen molar-refractivity contribution < 1.29 is 14.6 Å². The lowest BCUT2D eigenvalue weighted by molar-refractivity contribution is -0.138. The summed E-state index contributed by atoms with van der Waals surface area (Å²) in [6.07, 6.45) is 0. The largest absolute Gasteiger partial charge is 0.395 e. The van der Waals surface area contributed by atoms with Crippen molar-refractivity contribution in [3.8, 4) is 0 Å². The van der Waals surface area contributed by atoms with Crippen LogP contribution in [0.4, 0.5) is 0 Å². The molecule has 1 aliphatic rings. The minimum atomic E-state index is -0.432. The fraction of sp³-hybridized carbons (Fsp3) is 0.500. The molecule has 1 aromatic carbocycles. The second-order valence-corrected chi connectivity index (χ2v) is 4.72. The highest BCUT2D eigenvalue weighted by atomic mass is 16.5. The van der Waals surface area contributed by atoms with E-state index in [4.69, 9.17) is 4.74 Å². The Morgan fingerprint density at radius 3 is 2.72 bits per heavy atom. The van der Waals surface area contributed by atoms with E-state index in [0.717, 1.165) is 5.56 Å². The van der Waals surface area contributed by atoms with E-state index < -0.39 is 5.92 Å². The first-order valence-corrected chi connectivity index (χ1v) is 6.25. The van der Waals surface area contributed by atoms with Crippen LogP contribution in [0.25, 0.3) is 0 Å². The average molecular weight is 249 g/mol. The molecule has 98 valence electrons. The fourth-order valence-corrected chi connectivity index (χ4v) is 2.14. The minimum Gasteiger partial charge on any atom is -0.395 e. The highest BCUT2D eigenvalue weighted by Gasteiger charge is 2.30. The van der Waals surface area contributed by atoms with Crippen molar-refractivity contribution in [2.24, 2.45) is 5.92 Å². The molecule has 1 aliphatic heterocycles. The van der Waals surface area contributed by atoms with Crippen LogP contribution in [0.5, 0.6) is 0 Å². The summed E-state index contributed by atoms with van der Waals surface area (Å²) in [6, 6.07) is 9.91. The molecule has 0 aliphatic carbocycles. The van der Waals surface area contributed by atoms with Crippen LogP contribution in [0.1, 0.15) is 12.5 Å². The van der Waals surface area contributed by atoms with Crippen LogP contribution in [-0.4, -0.2) is 41.8 Å². The van der Waals surface area contributed by atoms with Crippen LogP contribution in [-0.2, 0) is 16.1 Å². The van der Waals surface area contributed by atoms with Crippen molar-refractivity contribution in [1.82, 2.24) is 4.90 Å². The van der Waals surface area contributed by atoms with Gasteiger partial charge < -0.3 is 14.7 Å². The minimum absolute atomic E-state index is 0.0219. The molecule has 1 heterocycles. The lowest BCUT2D eigenvalue weighted by Crippen LogP contribution is -2.42. The third-order valence-corrected chi connectivity index (χ3v) is 3.26. The topological polar surface area (TPSA) is 49.8 Å². The number of hydrogen-bond donors (Lipinski definition) is 1. The van der Waals surface area contributed by atoms with Gasteiger partial charge in [0.1, 0.15) is 0 Å². The Kier molecular flexibility index (Phi) is 4.33. The van der Waals surface area contributed by atoms with E-state index in [0.29, 0.717) is 19.8 Å². The number of nitrogens with zero attached hydrogens (tertiary/aromatic N) is 1. The van der Waals surface area contributed by atoms with Gasteiger partial charge in [0, 0.05) is 6.54 Å². The summed E-state index contributed by atoms with van der Waals surface area (Å²) >= 11 is 0. The summed E-state index contributed by atoms with van der Waals surface area (Å²) < 4.78 is 5.43. The molecule has 1 amide bonds. The molecule has 2 atom stereocenters. The van der Waals surface area contributed by atoms with Gasteiger partial charge in [0.25, 0.3) is 0 Å². The number of rotatable bonds is 3. The number of ether oxygens (including phenoxy) is 1. The highest BCUT2D eigenvalue weighted by Crippen LogP contribution is 2.16. The maximum Gasteiger partial charge on any atom is 0.230 e. The van der Waals surface area contributed by atoms with E-state index in [1.807, 2.05) is 37.3 Å². The molecule has 0 radical (unpaired) electrons. The van der Waals surface area contributed by atoms with E-state index in [9.17, 15) is 9.90 Å². The first-order chi connectivity index (χ1) is 8.72. The van der Waals surface area contributed by atoms with E-state index >= 15 is 0 Å². The zero-order valence-corrected chi connectivity index (χ0v) is 10.6. The summed E-state index contributed by atoms with van der Waals surface area (Å²) in [7, 11) is 0. The smallest absolute Gasteiger partial charge is 0.230 e. The average Bonchev–Trinajstić information content (AvgIpc) is 2.53. The maximum absolute atomic E-state index is 12.3. The van der Waals surface area contributed by atoms with E-state index in [2.05, 4.69) is 0 Å². The number of carbonyl (C=O) groups excluding carboxylic acids is 1. The zero-order chi connectivity index (χ0) is 13.0. The Morgan fingerprint density at radius 2 is 2.06 bits per heavy atom. The third-order valence-electron chi connectivity index (χ3n) is 3.26. The van der Waals surface area contributed by atoms with Crippen LogP contribution >= 0.6 is 0 Å². The monoisotopic (exact) mass is 249 g/mol. The van der Waals surface area contributed by atoms with Gasteiger partial charge in [-0.3, -0.25) is 4.79 Å². The number of carbonyl (C=O) groups is 1. The molecule has 0 spiro atoms. The molecule has 0 aromatic heterocycles. The van der Waals surface area contributed by atoms with Gasteiger partial charge in [-0.25, -0.2) is 0 Å². The highest BCUT2D eigenvalue weighted by molar-refractivity contribution is 5.79. The SMILES string of the molecule is C[C@H]1COC[C@@H](CO)C(=O)N1Cc1ccccc1. The van der Waals surface area contributed by atoms with Gasteiger partial charge in [0.05, 0.1) is 31.8 Å². The predicted octanol–water partition coefficient (Wildman–Crippen LogP) is 1.04. The van der Waals surface area contributed by atoms with Gasteiger partial charge in [0.2, 0.25) is 5.91 Å². The number of benzene rings is 1. The summed E-state index contributed by atoms with van der Waals surface area (Å²) in [5, 5.41) is 9.23. The Balaban J connectivity index is 2.14. The Hall–Kier alpha value is -1.39. The molecule has 1 saturated heterocycles. The molecule has 0 saturated carbocycles. The third kappa shape index (κ3) is 2.89. The summed E-state index contributed by atoms with van der Waals surface area (Å²) in [4.78, 5) is 14.1. The van der Waals surface area contributed by atoms with Crippen molar-refractivity contribution in [3.63, 3.8) is 0 Å². The van der Waals surface area contributed by atoms with E-state index in [1.54, 1.807) is 4.90 Å². The molecule has 1 fully saturated rings. The number of aliphatic hydroxyl groups excluding tert-OH is 1. The molecule has 1 N–H and O–H groups in total. The van der Waals surface area contributed by atoms with Crippen molar-refractivity contribution in [3.05, 3.63) is 35.9 Å². The van der Waals surface area contributed by atoms with Crippen LogP contribution in [0.3, 0.4) is 0 Å². The van der Waals surface area contributed by atoms with Gasteiger partial charge in [-0.2, -0.15) is 0 Å². The second kappa shape index (κ2) is 5.98. The summed E-state index contributed by atoms with van der Waals surface area (Å²) in [5.74, 6) is -0.454. The Bertz CT molecular complexity index is 393. The van der Waals surface area contributed by atoms with Crippen LogP contribution in [0.2, 0.25) is 0 Å². The molecule has 18 heavy (non-hydrogen) atoms. The first-order valence-electron chi connectivity index (χ1n) is 6.25. The van der Waals surface area contributed by atoms with Crippen LogP contribution < -0.4 is 0 Å². The number of aliphatic hydroxyl groups is 1. The van der Waals surface area contributed by atoms with Crippen molar-refractivity contribution in [1.29, 1.82) is 0 Å². The lowest BCUT2D eigenvalue weighted by Gasteiger charge is -2.28. The molecule has 0 unspecified atom stereocenters. The number of amides is 1. The molecule has 0 bridgehead atoms. The van der Waals surface area contributed by atoms with Crippen LogP contribution in [0.15, 0.2) is 30.3 Å². The van der Waals surface area contributed by atoms with Crippen LogP contribution in [0, 0.1) is 5.92 Å². The quantitative estimate of drug-likeness (QED) is 0.871. The van der Waals surface area contributed by atoms with Gasteiger partial charge in [0.15, 0.2) is 0 Å². The zero-order valence-electron chi connectivity index (χ0n) is 10.6. The lowest BCUT2D eigenvalue weighted by atomic mass is 10.1. The van der Waals surface area contributed by atoms with E-state index in [1.165, 1.54) is 0 Å². The first kappa shape index (κ1) is 13.1. The molecular weight excluding hydrogens is 230 g/mol. The van der Waals surface area contributed by atoms with Crippen molar-refractivity contribution in [2.75, 3.05) is 19.8 Å². The molecule has 2 rings (SSSR count). The van der Waals surface area contributed by atoms with Gasteiger partial charge in [-0.15, -0.1) is 0 Å². The standard InChI is InChI=1S/C14H19NO3/c1-11-9-18-10-13(8-16)14(17)15(11)7-12-5-3-2-4-6-12/h2-6,11,13,16H,7-10H2,1H3/t11-,13+/m0/s1. The normalized spacial score (nSPS) is 25.0. The molecule has 1 aromatic rings. The second-order valence-electron chi connectivity index (χ2n) is 4.72. The van der Waals surface area contributed by atoms with Crippen molar-refractivity contribution >= 4 is 5.91 Å². The summed E-state index contributed by atoms with van der Waals surface area (Å²) in [6.45, 7) is 3.22. The molecule has 4 nitrogen and oxygen atoms in total. The Morgan fingerprint density at radius 1 is 1.33 bits per heavy atom. The Labute approximate surface area is 107 Å². The molecule has 4 heteroatoms. The molecular formula is C14H19NO3. The van der Waals surface area contributed by atoms with Crippen molar-refractivity contribution in [2.45, 2.75) is 19.5 Å². The van der Waals surface area contributed by atoms with Gasteiger partial charge in [-0.05, 0) is 12.5 Å².